The Bertz CT molecular complexity index is 462. The molecular formula is C8H4Cl2N4O. The van der Waals surface area contributed by atoms with Gasteiger partial charge in [0.25, 0.3) is 0 Å². The number of ether oxygens (including phenoxy) is 1. The molecule has 0 aliphatic carbocycles. The van der Waals surface area contributed by atoms with Crippen molar-refractivity contribution in [1.82, 2.24) is 20.4 Å². The van der Waals surface area contributed by atoms with Crippen LogP contribution < -0.4 is 4.74 Å². The van der Waals surface area contributed by atoms with Crippen LogP contribution in [-0.2, 0) is 0 Å². The Morgan fingerprint density at radius 3 is 2.40 bits per heavy atom. The van der Waals surface area contributed by atoms with E-state index in [1.165, 1.54) is 0 Å². The van der Waals surface area contributed by atoms with Gasteiger partial charge in [0.15, 0.2) is 0 Å². The highest BCUT2D eigenvalue weighted by Gasteiger charge is 2.02. The molecule has 0 radical (unpaired) electrons. The van der Waals surface area contributed by atoms with Crippen molar-refractivity contribution in [3.05, 3.63) is 34.6 Å². The fourth-order valence-electron chi connectivity index (χ4n) is 0.872. The highest BCUT2D eigenvalue weighted by Crippen LogP contribution is 2.19. The molecule has 1 aromatic heterocycles. The SMILES string of the molecule is Clc1ccc(Oc2nnnc(Cl)n2)cc1. The smallest absolute Gasteiger partial charge is 0.345 e. The van der Waals surface area contributed by atoms with Gasteiger partial charge in [-0.05, 0) is 41.1 Å². The highest BCUT2D eigenvalue weighted by atomic mass is 35.5. The number of rotatable bonds is 2. The average molecular weight is 243 g/mol. The number of hydrogen-bond donors (Lipinski definition) is 0. The van der Waals surface area contributed by atoms with Crippen LogP contribution in [0.3, 0.4) is 0 Å². The molecule has 5 nitrogen and oxygen atoms in total. The number of nitrogens with zero attached hydrogens (tertiary/aromatic N) is 4. The molecule has 0 amide bonds. The van der Waals surface area contributed by atoms with Gasteiger partial charge in [0.05, 0.1) is 0 Å². The maximum Gasteiger partial charge on any atom is 0.345 e. The Hall–Kier alpha value is -1.46. The van der Waals surface area contributed by atoms with E-state index in [1.807, 2.05) is 0 Å². The number of halogens is 2. The number of benzene rings is 1. The lowest BCUT2D eigenvalue weighted by Gasteiger charge is -2.01. The van der Waals surface area contributed by atoms with E-state index >= 15 is 0 Å². The first-order valence-electron chi connectivity index (χ1n) is 3.90. The van der Waals surface area contributed by atoms with Crippen molar-refractivity contribution >= 4 is 23.2 Å². The van der Waals surface area contributed by atoms with E-state index < -0.39 is 0 Å². The summed E-state index contributed by atoms with van der Waals surface area (Å²) in [6, 6.07) is 6.78. The Balaban J connectivity index is 2.18. The molecule has 0 saturated carbocycles. The van der Waals surface area contributed by atoms with Gasteiger partial charge in [-0.1, -0.05) is 21.8 Å². The van der Waals surface area contributed by atoms with Crippen LogP contribution in [0.15, 0.2) is 24.3 Å². The summed E-state index contributed by atoms with van der Waals surface area (Å²) in [7, 11) is 0. The molecule has 1 heterocycles. The zero-order valence-corrected chi connectivity index (χ0v) is 8.77. The zero-order valence-electron chi connectivity index (χ0n) is 7.26. The van der Waals surface area contributed by atoms with Crippen molar-refractivity contribution in [2.75, 3.05) is 0 Å². The fourth-order valence-corrected chi connectivity index (χ4v) is 1.10. The summed E-state index contributed by atoms with van der Waals surface area (Å²) in [6.07, 6.45) is 0. The van der Waals surface area contributed by atoms with E-state index in [-0.39, 0.29) is 11.3 Å². The van der Waals surface area contributed by atoms with Gasteiger partial charge in [0.1, 0.15) is 5.75 Å². The van der Waals surface area contributed by atoms with Gasteiger partial charge in [-0.25, -0.2) is 0 Å². The Labute approximate surface area is 95.0 Å². The van der Waals surface area contributed by atoms with Crippen LogP contribution in [0.25, 0.3) is 0 Å². The van der Waals surface area contributed by atoms with Gasteiger partial charge in [-0.15, -0.1) is 0 Å². The van der Waals surface area contributed by atoms with Crippen LogP contribution in [0.5, 0.6) is 11.8 Å². The molecule has 0 fully saturated rings. The summed E-state index contributed by atoms with van der Waals surface area (Å²) in [5.41, 5.74) is 0. The van der Waals surface area contributed by atoms with Crippen LogP contribution in [0, 0.1) is 0 Å². The Kier molecular flexibility index (Phi) is 2.94. The second kappa shape index (κ2) is 4.37. The molecule has 76 valence electrons. The van der Waals surface area contributed by atoms with Gasteiger partial charge < -0.3 is 4.74 Å². The predicted octanol–water partition coefficient (Wildman–Crippen LogP) is 2.37. The third-order valence-electron chi connectivity index (χ3n) is 1.47. The molecule has 1 aromatic carbocycles. The van der Waals surface area contributed by atoms with Crippen molar-refractivity contribution < 1.29 is 4.74 Å². The molecule has 15 heavy (non-hydrogen) atoms. The minimum atomic E-state index is -0.0195. The highest BCUT2D eigenvalue weighted by molar-refractivity contribution is 6.30. The lowest BCUT2D eigenvalue weighted by Crippen LogP contribution is -1.96. The summed E-state index contributed by atoms with van der Waals surface area (Å²) in [4.78, 5) is 3.72. The van der Waals surface area contributed by atoms with E-state index in [0.29, 0.717) is 10.8 Å². The van der Waals surface area contributed by atoms with Crippen LogP contribution >= 0.6 is 23.2 Å². The van der Waals surface area contributed by atoms with Gasteiger partial charge in [0, 0.05) is 5.02 Å². The van der Waals surface area contributed by atoms with E-state index in [2.05, 4.69) is 20.4 Å². The number of aromatic nitrogens is 4. The van der Waals surface area contributed by atoms with E-state index in [9.17, 15) is 0 Å². The molecule has 0 spiro atoms. The maximum atomic E-state index is 5.71. The summed E-state index contributed by atoms with van der Waals surface area (Å²) >= 11 is 11.2. The minimum absolute atomic E-state index is 0.0195. The molecule has 0 N–H and O–H groups in total. The third-order valence-corrected chi connectivity index (χ3v) is 1.88. The average Bonchev–Trinajstić information content (AvgIpc) is 2.22. The normalized spacial score (nSPS) is 10.0. The quantitative estimate of drug-likeness (QED) is 0.810. The van der Waals surface area contributed by atoms with Crippen LogP contribution in [0.4, 0.5) is 0 Å². The minimum Gasteiger partial charge on any atom is -0.423 e. The van der Waals surface area contributed by atoms with Crippen molar-refractivity contribution in [1.29, 1.82) is 0 Å². The van der Waals surface area contributed by atoms with Crippen molar-refractivity contribution in [2.24, 2.45) is 0 Å². The van der Waals surface area contributed by atoms with Gasteiger partial charge in [-0.3, -0.25) is 0 Å². The zero-order chi connectivity index (χ0) is 10.7. The first-order valence-corrected chi connectivity index (χ1v) is 4.66. The van der Waals surface area contributed by atoms with Crippen LogP contribution in [0.1, 0.15) is 0 Å². The first kappa shape index (κ1) is 10.1. The van der Waals surface area contributed by atoms with Crippen molar-refractivity contribution in [3.63, 3.8) is 0 Å². The molecular weight excluding hydrogens is 239 g/mol. The van der Waals surface area contributed by atoms with Crippen molar-refractivity contribution in [2.45, 2.75) is 0 Å². The largest absolute Gasteiger partial charge is 0.423 e. The maximum absolute atomic E-state index is 5.71. The monoisotopic (exact) mass is 242 g/mol. The molecule has 0 atom stereocenters. The molecule has 0 saturated heterocycles. The van der Waals surface area contributed by atoms with Gasteiger partial charge >= 0.3 is 6.01 Å². The molecule has 2 aromatic rings. The predicted molar refractivity (Wildman–Crippen MR) is 54.2 cm³/mol. The van der Waals surface area contributed by atoms with Gasteiger partial charge in [-0.2, -0.15) is 4.98 Å². The molecule has 2 rings (SSSR count). The topological polar surface area (TPSA) is 60.8 Å². The molecule has 0 aliphatic rings. The van der Waals surface area contributed by atoms with Crippen LogP contribution in [0.2, 0.25) is 10.3 Å². The van der Waals surface area contributed by atoms with E-state index in [4.69, 9.17) is 27.9 Å². The summed E-state index contributed by atoms with van der Waals surface area (Å²) in [5, 5.41) is 10.9. The molecule has 7 heteroatoms. The summed E-state index contributed by atoms with van der Waals surface area (Å²) < 4.78 is 5.25. The Morgan fingerprint density at radius 2 is 1.73 bits per heavy atom. The molecule has 0 aliphatic heterocycles. The lowest BCUT2D eigenvalue weighted by atomic mass is 10.3. The summed E-state index contributed by atoms with van der Waals surface area (Å²) in [6.45, 7) is 0. The van der Waals surface area contributed by atoms with Crippen LogP contribution in [-0.4, -0.2) is 20.4 Å². The van der Waals surface area contributed by atoms with E-state index in [0.717, 1.165) is 0 Å². The van der Waals surface area contributed by atoms with Gasteiger partial charge in [0.2, 0.25) is 5.28 Å². The number of hydrogen-bond acceptors (Lipinski definition) is 5. The third kappa shape index (κ3) is 2.74. The first-order chi connectivity index (χ1) is 7.24. The fraction of sp³-hybridized carbons (Fsp3) is 0. The lowest BCUT2D eigenvalue weighted by molar-refractivity contribution is 0.427. The molecule has 0 unspecified atom stereocenters. The molecule has 0 bridgehead atoms. The Morgan fingerprint density at radius 1 is 1.00 bits per heavy atom. The standard InChI is InChI=1S/C8H4Cl2N4O/c9-5-1-3-6(4-2-5)15-8-11-7(10)12-14-13-8/h1-4H. The van der Waals surface area contributed by atoms with E-state index in [1.54, 1.807) is 24.3 Å². The second-order valence-corrected chi connectivity index (χ2v) is 3.28. The van der Waals surface area contributed by atoms with Crippen molar-refractivity contribution in [3.8, 4) is 11.8 Å². The second-order valence-electron chi connectivity index (χ2n) is 2.51. The summed E-state index contributed by atoms with van der Waals surface area (Å²) in [5.74, 6) is 0.545.